The van der Waals surface area contributed by atoms with E-state index in [1.54, 1.807) is 18.9 Å². The van der Waals surface area contributed by atoms with Crippen molar-refractivity contribution < 1.29 is 9.53 Å². The van der Waals surface area contributed by atoms with Gasteiger partial charge in [-0.3, -0.25) is 4.79 Å². The minimum Gasteiger partial charge on any atom is -0.497 e. The predicted molar refractivity (Wildman–Crippen MR) is 105 cm³/mol. The Morgan fingerprint density at radius 3 is 2.20 bits per heavy atom. The number of carbonyl (C=O) groups is 1. The molecule has 0 bridgehead atoms. The number of benzene rings is 2. The van der Waals surface area contributed by atoms with Crippen LogP contribution in [-0.2, 0) is 16.0 Å². The van der Waals surface area contributed by atoms with Gasteiger partial charge in [0.25, 0.3) is 0 Å². The molecule has 1 atom stereocenters. The fourth-order valence-corrected chi connectivity index (χ4v) is 4.08. The summed E-state index contributed by atoms with van der Waals surface area (Å²) in [6, 6.07) is 17.7. The molecule has 0 aliphatic carbocycles. The summed E-state index contributed by atoms with van der Waals surface area (Å²) >= 11 is 1.61. The Morgan fingerprint density at radius 2 is 1.68 bits per heavy atom. The van der Waals surface area contributed by atoms with E-state index in [9.17, 15) is 4.79 Å². The SMILES string of the molecule is COc1ccc(CSCC(N)(C(N)=O)C(C)(C)c2ccccc2)cc1. The number of amides is 1. The van der Waals surface area contributed by atoms with Crippen LogP contribution in [0.3, 0.4) is 0 Å². The molecule has 1 unspecified atom stereocenters. The Bertz CT molecular complexity index is 701. The lowest BCUT2D eigenvalue weighted by Crippen LogP contribution is -2.65. The molecule has 0 aromatic heterocycles. The number of hydrogen-bond donors (Lipinski definition) is 2. The highest BCUT2D eigenvalue weighted by Crippen LogP contribution is 2.36. The van der Waals surface area contributed by atoms with Gasteiger partial charge in [0.05, 0.1) is 7.11 Å². The van der Waals surface area contributed by atoms with E-state index in [4.69, 9.17) is 16.2 Å². The highest BCUT2D eigenvalue weighted by Gasteiger charge is 2.47. The van der Waals surface area contributed by atoms with E-state index in [1.165, 1.54) is 0 Å². The zero-order valence-corrected chi connectivity index (χ0v) is 15.8. The molecule has 0 saturated carbocycles. The number of methoxy groups -OCH3 is 1. The van der Waals surface area contributed by atoms with Crippen molar-refractivity contribution in [3.63, 3.8) is 0 Å². The normalized spacial score (nSPS) is 13.9. The molecule has 2 aromatic carbocycles. The number of hydrogen-bond acceptors (Lipinski definition) is 4. The Labute approximate surface area is 153 Å². The molecule has 0 aliphatic heterocycles. The number of carbonyl (C=O) groups excluding carboxylic acids is 1. The van der Waals surface area contributed by atoms with Crippen LogP contribution in [0.2, 0.25) is 0 Å². The predicted octanol–water partition coefficient (Wildman–Crippen LogP) is 3.09. The van der Waals surface area contributed by atoms with Crippen molar-refractivity contribution in [3.05, 3.63) is 65.7 Å². The second-order valence-corrected chi connectivity index (χ2v) is 7.65. The molecular weight excluding hydrogens is 332 g/mol. The van der Waals surface area contributed by atoms with Gasteiger partial charge in [0.15, 0.2) is 0 Å². The molecule has 2 rings (SSSR count). The minimum absolute atomic E-state index is 0.441. The molecule has 5 heteroatoms. The van der Waals surface area contributed by atoms with Crippen molar-refractivity contribution >= 4 is 17.7 Å². The zero-order chi connectivity index (χ0) is 18.5. The van der Waals surface area contributed by atoms with Crippen molar-refractivity contribution in [2.45, 2.75) is 30.6 Å². The molecule has 0 radical (unpaired) electrons. The zero-order valence-electron chi connectivity index (χ0n) is 15.0. The molecule has 4 N–H and O–H groups in total. The van der Waals surface area contributed by atoms with Crippen molar-refractivity contribution in [1.82, 2.24) is 0 Å². The van der Waals surface area contributed by atoms with E-state index in [2.05, 4.69) is 0 Å². The average molecular weight is 359 g/mol. The van der Waals surface area contributed by atoms with Crippen LogP contribution in [0.1, 0.15) is 25.0 Å². The van der Waals surface area contributed by atoms with Crippen molar-refractivity contribution in [2.24, 2.45) is 11.5 Å². The Morgan fingerprint density at radius 1 is 1.08 bits per heavy atom. The first-order valence-electron chi connectivity index (χ1n) is 8.16. The van der Waals surface area contributed by atoms with Gasteiger partial charge >= 0.3 is 0 Å². The third-order valence-corrected chi connectivity index (χ3v) is 6.00. The van der Waals surface area contributed by atoms with E-state index < -0.39 is 16.9 Å². The maximum absolute atomic E-state index is 12.2. The third kappa shape index (κ3) is 4.17. The first-order chi connectivity index (χ1) is 11.8. The average Bonchev–Trinajstić information content (AvgIpc) is 2.62. The number of thioether (sulfide) groups is 1. The van der Waals surface area contributed by atoms with E-state index in [0.717, 1.165) is 22.6 Å². The van der Waals surface area contributed by atoms with Gasteiger partial charge in [0, 0.05) is 16.9 Å². The molecule has 134 valence electrons. The number of rotatable bonds is 8. The Hall–Kier alpha value is -1.98. The van der Waals surface area contributed by atoms with Crippen molar-refractivity contribution in [2.75, 3.05) is 12.9 Å². The maximum atomic E-state index is 12.2. The van der Waals surface area contributed by atoms with Gasteiger partial charge < -0.3 is 16.2 Å². The van der Waals surface area contributed by atoms with E-state index in [0.29, 0.717) is 5.75 Å². The van der Waals surface area contributed by atoms with Gasteiger partial charge in [-0.2, -0.15) is 11.8 Å². The summed E-state index contributed by atoms with van der Waals surface area (Å²) in [6.45, 7) is 3.95. The van der Waals surface area contributed by atoms with Gasteiger partial charge in [0.2, 0.25) is 5.91 Å². The smallest absolute Gasteiger partial charge is 0.239 e. The lowest BCUT2D eigenvalue weighted by atomic mass is 9.68. The van der Waals surface area contributed by atoms with E-state index >= 15 is 0 Å². The molecular formula is C20H26N2O2S. The van der Waals surface area contributed by atoms with Crippen molar-refractivity contribution in [3.8, 4) is 5.75 Å². The summed E-state index contributed by atoms with van der Waals surface area (Å²) in [5, 5.41) is 0. The molecule has 4 nitrogen and oxygen atoms in total. The number of nitrogens with two attached hydrogens (primary N) is 2. The molecule has 25 heavy (non-hydrogen) atoms. The number of ether oxygens (including phenoxy) is 1. The second-order valence-electron chi connectivity index (χ2n) is 6.67. The van der Waals surface area contributed by atoms with Crippen LogP contribution in [0.5, 0.6) is 5.75 Å². The van der Waals surface area contributed by atoms with Crippen LogP contribution < -0.4 is 16.2 Å². The van der Waals surface area contributed by atoms with Gasteiger partial charge in [-0.1, -0.05) is 56.3 Å². The van der Waals surface area contributed by atoms with Gasteiger partial charge in [-0.25, -0.2) is 0 Å². The fourth-order valence-electron chi connectivity index (χ4n) is 2.72. The monoisotopic (exact) mass is 358 g/mol. The summed E-state index contributed by atoms with van der Waals surface area (Å²) in [7, 11) is 1.64. The topological polar surface area (TPSA) is 78.3 Å². The molecule has 0 heterocycles. The first-order valence-corrected chi connectivity index (χ1v) is 9.32. The second kappa shape index (κ2) is 7.93. The largest absolute Gasteiger partial charge is 0.497 e. The molecule has 0 spiro atoms. The van der Waals surface area contributed by atoms with Gasteiger partial charge in [-0.15, -0.1) is 0 Å². The third-order valence-electron chi connectivity index (χ3n) is 4.81. The van der Waals surface area contributed by atoms with E-state index in [-0.39, 0.29) is 0 Å². The highest BCUT2D eigenvalue weighted by atomic mass is 32.2. The van der Waals surface area contributed by atoms with E-state index in [1.807, 2.05) is 68.4 Å². The lowest BCUT2D eigenvalue weighted by molar-refractivity contribution is -0.124. The molecule has 0 saturated heterocycles. The quantitative estimate of drug-likeness (QED) is 0.760. The summed E-state index contributed by atoms with van der Waals surface area (Å²) in [4.78, 5) is 12.2. The van der Waals surface area contributed by atoms with Crippen LogP contribution in [0.25, 0.3) is 0 Å². The highest BCUT2D eigenvalue weighted by molar-refractivity contribution is 7.98. The molecule has 1 amide bonds. The molecule has 2 aromatic rings. The van der Waals surface area contributed by atoms with Crippen LogP contribution in [0.4, 0.5) is 0 Å². The summed E-state index contributed by atoms with van der Waals surface area (Å²) < 4.78 is 5.17. The Balaban J connectivity index is 2.12. The summed E-state index contributed by atoms with van der Waals surface area (Å²) in [5.41, 5.74) is 12.7. The fraction of sp³-hybridized carbons (Fsp3) is 0.350. The lowest BCUT2D eigenvalue weighted by Gasteiger charge is -2.42. The molecule has 0 aliphatic rings. The standard InChI is InChI=1S/C20H26N2O2S/c1-19(2,16-7-5-4-6-8-16)20(22,18(21)23)14-25-13-15-9-11-17(24-3)12-10-15/h4-12H,13-14,22H2,1-3H3,(H2,21,23). The van der Waals surface area contributed by atoms with Crippen LogP contribution in [0.15, 0.2) is 54.6 Å². The van der Waals surface area contributed by atoms with Crippen LogP contribution in [0, 0.1) is 0 Å². The number of primary amides is 1. The van der Waals surface area contributed by atoms with Crippen LogP contribution in [-0.4, -0.2) is 24.3 Å². The van der Waals surface area contributed by atoms with Crippen molar-refractivity contribution in [1.29, 1.82) is 0 Å². The summed E-state index contributed by atoms with van der Waals surface area (Å²) in [6.07, 6.45) is 0. The minimum atomic E-state index is -1.15. The van der Waals surface area contributed by atoms with Crippen LogP contribution >= 0.6 is 11.8 Å². The maximum Gasteiger partial charge on any atom is 0.239 e. The molecule has 0 fully saturated rings. The summed E-state index contributed by atoms with van der Waals surface area (Å²) in [5.74, 6) is 1.53. The van der Waals surface area contributed by atoms with Gasteiger partial charge in [0.1, 0.15) is 11.3 Å². The van der Waals surface area contributed by atoms with Gasteiger partial charge in [-0.05, 0) is 23.3 Å². The Kier molecular flexibility index (Phi) is 6.14. The first kappa shape index (κ1) is 19.3.